The molecule has 0 aliphatic heterocycles. The molecule has 2 aromatic heterocycles. The van der Waals surface area contributed by atoms with Crippen LogP contribution in [0.3, 0.4) is 0 Å². The Morgan fingerprint density at radius 3 is 2.61 bits per heavy atom. The molecule has 0 radical (unpaired) electrons. The number of nitrogen functional groups attached to an aromatic ring is 1. The second-order valence-electron chi connectivity index (χ2n) is 6.46. The monoisotopic (exact) mass is 393 g/mol. The third-order valence-electron chi connectivity index (χ3n) is 4.52. The average molecular weight is 393 g/mol. The first-order chi connectivity index (χ1) is 13.5. The second kappa shape index (κ2) is 7.01. The quantitative estimate of drug-likeness (QED) is 0.514. The topological polar surface area (TPSA) is 90.4 Å². The van der Waals surface area contributed by atoms with Crippen LogP contribution in [-0.4, -0.2) is 12.1 Å². The van der Waals surface area contributed by atoms with E-state index in [0.717, 1.165) is 16.8 Å². The molecule has 4 aromatic rings. The predicted molar refractivity (Wildman–Crippen MR) is 114 cm³/mol. The van der Waals surface area contributed by atoms with Crippen LogP contribution in [0.4, 0.5) is 16.6 Å². The molecule has 0 amide bonds. The molecule has 2 aromatic carbocycles. The summed E-state index contributed by atoms with van der Waals surface area (Å²) < 4.78 is 11.1. The highest BCUT2D eigenvalue weighted by molar-refractivity contribution is 7.19. The standard InChI is InChI=1S/C21H19N3O3S/c1-11-5-4-6-12(2)18(11)23-21-24-20(22)19(28-21)17-10-15(25)14-9-13(26-3)7-8-16(14)27-17/h4-10H,22H2,1-3H3,(H,23,24). The summed E-state index contributed by atoms with van der Waals surface area (Å²) in [5.41, 5.74) is 9.65. The number of thiazole rings is 1. The fourth-order valence-corrected chi connectivity index (χ4v) is 3.90. The molecule has 0 fully saturated rings. The number of hydrogen-bond acceptors (Lipinski definition) is 7. The highest BCUT2D eigenvalue weighted by Crippen LogP contribution is 2.37. The molecule has 0 saturated heterocycles. The van der Waals surface area contributed by atoms with Gasteiger partial charge >= 0.3 is 0 Å². The SMILES string of the molecule is COc1ccc2oc(-c3sc(Nc4c(C)cccc4C)nc3N)cc(=O)c2c1. The van der Waals surface area contributed by atoms with E-state index < -0.39 is 0 Å². The molecule has 0 unspecified atom stereocenters. The summed E-state index contributed by atoms with van der Waals surface area (Å²) in [6.07, 6.45) is 0. The molecular weight excluding hydrogens is 374 g/mol. The van der Waals surface area contributed by atoms with Crippen molar-refractivity contribution in [1.82, 2.24) is 4.98 Å². The summed E-state index contributed by atoms with van der Waals surface area (Å²) in [5.74, 6) is 1.31. The smallest absolute Gasteiger partial charge is 0.193 e. The summed E-state index contributed by atoms with van der Waals surface area (Å²) in [4.78, 5) is 17.6. The fraction of sp³-hybridized carbons (Fsp3) is 0.143. The number of nitrogens with one attached hydrogen (secondary N) is 1. The first-order valence-electron chi connectivity index (χ1n) is 8.68. The molecule has 0 spiro atoms. The molecule has 0 aliphatic rings. The predicted octanol–water partition coefficient (Wildman–Crippen LogP) is 4.87. The minimum absolute atomic E-state index is 0.160. The lowest BCUT2D eigenvalue weighted by Crippen LogP contribution is -2.01. The van der Waals surface area contributed by atoms with Crippen molar-refractivity contribution < 1.29 is 9.15 Å². The van der Waals surface area contributed by atoms with Gasteiger partial charge in [0, 0.05) is 11.8 Å². The van der Waals surface area contributed by atoms with Crippen molar-refractivity contribution >= 4 is 38.9 Å². The van der Waals surface area contributed by atoms with Crippen molar-refractivity contribution in [3.05, 3.63) is 63.8 Å². The molecule has 0 atom stereocenters. The molecule has 7 heteroatoms. The first kappa shape index (κ1) is 18.1. The number of methoxy groups -OCH3 is 1. The molecule has 0 saturated carbocycles. The van der Waals surface area contributed by atoms with Gasteiger partial charge in [-0.3, -0.25) is 4.79 Å². The van der Waals surface area contributed by atoms with E-state index in [1.807, 2.05) is 32.0 Å². The van der Waals surface area contributed by atoms with Crippen molar-refractivity contribution in [3.8, 4) is 16.4 Å². The van der Waals surface area contributed by atoms with Gasteiger partial charge in [-0.1, -0.05) is 29.5 Å². The number of rotatable bonds is 4. The van der Waals surface area contributed by atoms with Crippen LogP contribution >= 0.6 is 11.3 Å². The number of aromatic nitrogens is 1. The van der Waals surface area contributed by atoms with Gasteiger partial charge < -0.3 is 20.2 Å². The first-order valence-corrected chi connectivity index (χ1v) is 9.49. The number of benzene rings is 2. The van der Waals surface area contributed by atoms with Crippen molar-refractivity contribution in [3.63, 3.8) is 0 Å². The molecule has 4 rings (SSSR count). The summed E-state index contributed by atoms with van der Waals surface area (Å²) in [6.45, 7) is 4.06. The van der Waals surface area contributed by atoms with E-state index in [1.54, 1.807) is 25.3 Å². The van der Waals surface area contributed by atoms with Crippen LogP contribution in [0.5, 0.6) is 5.75 Å². The van der Waals surface area contributed by atoms with E-state index in [-0.39, 0.29) is 5.43 Å². The molecule has 28 heavy (non-hydrogen) atoms. The lowest BCUT2D eigenvalue weighted by atomic mass is 10.1. The van der Waals surface area contributed by atoms with Gasteiger partial charge in [-0.15, -0.1) is 0 Å². The van der Waals surface area contributed by atoms with E-state index in [0.29, 0.717) is 38.3 Å². The number of anilines is 3. The van der Waals surface area contributed by atoms with Gasteiger partial charge in [-0.2, -0.15) is 0 Å². The third kappa shape index (κ3) is 3.20. The van der Waals surface area contributed by atoms with Gasteiger partial charge in [0.2, 0.25) is 0 Å². The van der Waals surface area contributed by atoms with Crippen LogP contribution < -0.4 is 21.2 Å². The maximum Gasteiger partial charge on any atom is 0.193 e. The number of hydrogen-bond donors (Lipinski definition) is 2. The Kier molecular flexibility index (Phi) is 4.52. The van der Waals surface area contributed by atoms with Gasteiger partial charge in [0.05, 0.1) is 12.5 Å². The van der Waals surface area contributed by atoms with Crippen molar-refractivity contribution in [2.24, 2.45) is 0 Å². The Balaban J connectivity index is 1.75. The third-order valence-corrected chi connectivity index (χ3v) is 5.53. The Bertz CT molecular complexity index is 1220. The Morgan fingerprint density at radius 1 is 1.14 bits per heavy atom. The number of ether oxygens (including phenoxy) is 1. The molecular formula is C21H19N3O3S. The lowest BCUT2D eigenvalue weighted by molar-refractivity contribution is 0.415. The maximum atomic E-state index is 12.6. The largest absolute Gasteiger partial charge is 0.497 e. The van der Waals surface area contributed by atoms with Crippen LogP contribution in [0.2, 0.25) is 0 Å². The van der Waals surface area contributed by atoms with Crippen molar-refractivity contribution in [2.45, 2.75) is 13.8 Å². The summed E-state index contributed by atoms with van der Waals surface area (Å²) in [5, 5.41) is 4.43. The minimum Gasteiger partial charge on any atom is -0.497 e. The van der Waals surface area contributed by atoms with Crippen LogP contribution in [0, 0.1) is 13.8 Å². The van der Waals surface area contributed by atoms with Crippen LogP contribution in [0.1, 0.15) is 11.1 Å². The Labute approximate surface area is 165 Å². The van der Waals surface area contributed by atoms with Gasteiger partial charge in [0.1, 0.15) is 22.0 Å². The zero-order chi connectivity index (χ0) is 19.8. The molecule has 0 bridgehead atoms. The average Bonchev–Trinajstić information content (AvgIpc) is 3.05. The van der Waals surface area contributed by atoms with Crippen LogP contribution in [0.15, 0.2) is 51.7 Å². The number of nitrogens with two attached hydrogens (primary N) is 1. The highest BCUT2D eigenvalue weighted by atomic mass is 32.1. The van der Waals surface area contributed by atoms with E-state index >= 15 is 0 Å². The van der Waals surface area contributed by atoms with E-state index in [2.05, 4.69) is 10.3 Å². The molecule has 3 N–H and O–H groups in total. The van der Waals surface area contributed by atoms with E-state index in [1.165, 1.54) is 17.4 Å². The minimum atomic E-state index is -0.160. The molecule has 6 nitrogen and oxygen atoms in total. The fourth-order valence-electron chi connectivity index (χ4n) is 3.05. The molecule has 2 heterocycles. The van der Waals surface area contributed by atoms with Crippen molar-refractivity contribution in [2.75, 3.05) is 18.2 Å². The zero-order valence-corrected chi connectivity index (χ0v) is 16.5. The van der Waals surface area contributed by atoms with Crippen molar-refractivity contribution in [1.29, 1.82) is 0 Å². The van der Waals surface area contributed by atoms with Crippen LogP contribution in [0.25, 0.3) is 21.6 Å². The lowest BCUT2D eigenvalue weighted by Gasteiger charge is -2.09. The second-order valence-corrected chi connectivity index (χ2v) is 7.46. The summed E-state index contributed by atoms with van der Waals surface area (Å²) in [7, 11) is 1.56. The summed E-state index contributed by atoms with van der Waals surface area (Å²) in [6, 6.07) is 12.6. The molecule has 142 valence electrons. The Hall–Kier alpha value is -3.32. The highest BCUT2D eigenvalue weighted by Gasteiger charge is 2.16. The van der Waals surface area contributed by atoms with Gasteiger partial charge in [-0.25, -0.2) is 4.98 Å². The number of nitrogens with zero attached hydrogens (tertiary/aromatic N) is 1. The van der Waals surface area contributed by atoms with Gasteiger partial charge in [0.15, 0.2) is 16.3 Å². The van der Waals surface area contributed by atoms with Gasteiger partial charge in [0.25, 0.3) is 0 Å². The zero-order valence-electron chi connectivity index (χ0n) is 15.7. The van der Waals surface area contributed by atoms with Gasteiger partial charge in [-0.05, 0) is 43.2 Å². The summed E-state index contributed by atoms with van der Waals surface area (Å²) >= 11 is 1.35. The normalized spacial score (nSPS) is 11.0. The number of para-hydroxylation sites is 1. The van der Waals surface area contributed by atoms with Crippen LogP contribution in [-0.2, 0) is 0 Å². The Morgan fingerprint density at radius 2 is 1.89 bits per heavy atom. The number of aryl methyl sites for hydroxylation is 2. The maximum absolute atomic E-state index is 12.6. The van der Waals surface area contributed by atoms with E-state index in [9.17, 15) is 4.79 Å². The number of fused-ring (bicyclic) bond motifs is 1. The van der Waals surface area contributed by atoms with E-state index in [4.69, 9.17) is 14.9 Å². The molecule has 0 aliphatic carbocycles.